The van der Waals surface area contributed by atoms with Crippen LogP contribution < -0.4 is 4.72 Å². The van der Waals surface area contributed by atoms with Crippen LogP contribution in [0.1, 0.15) is 44.9 Å². The Balaban J connectivity index is 1.94. The van der Waals surface area contributed by atoms with Crippen molar-refractivity contribution in [1.82, 2.24) is 24.3 Å². The van der Waals surface area contributed by atoms with E-state index in [1.165, 1.54) is 0 Å². The van der Waals surface area contributed by atoms with Crippen LogP contribution in [0.2, 0.25) is 0 Å². The Bertz CT molecular complexity index is 1170. The van der Waals surface area contributed by atoms with Crippen molar-refractivity contribution >= 4 is 27.9 Å². The van der Waals surface area contributed by atoms with E-state index in [1.807, 2.05) is 69.4 Å². The van der Waals surface area contributed by atoms with Crippen molar-refractivity contribution in [2.45, 2.75) is 45.4 Å². The molecular weight excluding hydrogens is 382 g/mol. The summed E-state index contributed by atoms with van der Waals surface area (Å²) in [7, 11) is 0. The predicted octanol–water partition coefficient (Wildman–Crippen LogP) is 4.37. The van der Waals surface area contributed by atoms with Crippen molar-refractivity contribution in [3.05, 3.63) is 59.9 Å². The molecule has 150 valence electrons. The summed E-state index contributed by atoms with van der Waals surface area (Å²) in [5.41, 5.74) is 4.70. The molecule has 0 saturated heterocycles. The van der Waals surface area contributed by atoms with Crippen LogP contribution in [0.25, 0.3) is 27.9 Å². The highest BCUT2D eigenvalue weighted by Crippen LogP contribution is 2.31. The van der Waals surface area contributed by atoms with Crippen molar-refractivity contribution in [2.24, 2.45) is 0 Å². The second kappa shape index (κ2) is 7.40. The Morgan fingerprint density at radius 1 is 1.14 bits per heavy atom. The predicted molar refractivity (Wildman–Crippen MR) is 118 cm³/mol. The number of aromatic nitrogens is 4. The average Bonchev–Trinajstić information content (AvgIpc) is 3.17. The molecular formula is C22H25N5OS. The fourth-order valence-electron chi connectivity index (χ4n) is 3.36. The summed E-state index contributed by atoms with van der Waals surface area (Å²) >= 11 is -1.19. The third-order valence-electron chi connectivity index (χ3n) is 4.86. The maximum Gasteiger partial charge on any atom is 0.171 e. The molecule has 0 radical (unpaired) electrons. The maximum atomic E-state index is 12.7. The number of nitrogens with one attached hydrogen (secondary N) is 1. The van der Waals surface area contributed by atoms with E-state index in [-0.39, 0.29) is 10.8 Å². The summed E-state index contributed by atoms with van der Waals surface area (Å²) in [5, 5.41) is 9.44. The van der Waals surface area contributed by atoms with Gasteiger partial charge in [-0.2, -0.15) is 0 Å². The van der Waals surface area contributed by atoms with Gasteiger partial charge in [0.15, 0.2) is 5.65 Å². The van der Waals surface area contributed by atoms with Crippen molar-refractivity contribution in [1.29, 1.82) is 0 Å². The van der Waals surface area contributed by atoms with Gasteiger partial charge in [0.05, 0.1) is 11.6 Å². The maximum absolute atomic E-state index is 12.7. The molecule has 0 aliphatic heterocycles. The molecule has 2 aromatic carbocycles. The first kappa shape index (κ1) is 19.8. The van der Waals surface area contributed by atoms with E-state index in [2.05, 4.69) is 27.1 Å². The zero-order chi connectivity index (χ0) is 20.8. The lowest BCUT2D eigenvalue weighted by Crippen LogP contribution is -2.40. The molecule has 0 spiro atoms. The minimum Gasteiger partial charge on any atom is -0.598 e. The number of hydrogen-bond acceptors (Lipinski definition) is 5. The number of rotatable bonds is 4. The Morgan fingerprint density at radius 2 is 1.86 bits per heavy atom. The highest BCUT2D eigenvalue weighted by molar-refractivity contribution is 7.90. The molecule has 2 heterocycles. The van der Waals surface area contributed by atoms with Crippen LogP contribution in [0.4, 0.5) is 0 Å². The van der Waals surface area contributed by atoms with Crippen LogP contribution in [-0.4, -0.2) is 28.9 Å². The quantitative estimate of drug-likeness (QED) is 0.508. The molecule has 29 heavy (non-hydrogen) atoms. The molecule has 7 heteroatoms. The number of aryl methyl sites for hydroxylation is 1. The second-order valence-corrected chi connectivity index (χ2v) is 10.3. The van der Waals surface area contributed by atoms with Gasteiger partial charge in [-0.15, -0.1) is 14.9 Å². The third kappa shape index (κ3) is 3.73. The third-order valence-corrected chi connectivity index (χ3v) is 6.54. The zero-order valence-electron chi connectivity index (χ0n) is 17.3. The molecule has 4 aromatic rings. The molecule has 4 rings (SSSR count). The first-order chi connectivity index (χ1) is 13.8. The van der Waals surface area contributed by atoms with Crippen LogP contribution in [0.3, 0.4) is 0 Å². The number of benzene rings is 2. The van der Waals surface area contributed by atoms with Gasteiger partial charge in [-0.25, -0.2) is 4.98 Å². The molecule has 0 aliphatic carbocycles. The van der Waals surface area contributed by atoms with Gasteiger partial charge in [-0.05, 0) is 51.8 Å². The average molecular weight is 408 g/mol. The van der Waals surface area contributed by atoms with E-state index in [0.29, 0.717) is 0 Å². The highest BCUT2D eigenvalue weighted by atomic mass is 32.2. The summed E-state index contributed by atoms with van der Waals surface area (Å²) in [5.74, 6) is 0.785. The van der Waals surface area contributed by atoms with Gasteiger partial charge >= 0.3 is 0 Å². The Kier molecular flexibility index (Phi) is 5.06. The first-order valence-electron chi connectivity index (χ1n) is 9.63. The summed E-state index contributed by atoms with van der Waals surface area (Å²) in [4.78, 5) is 5.02. The van der Waals surface area contributed by atoms with Crippen molar-refractivity contribution in [2.75, 3.05) is 0 Å². The van der Waals surface area contributed by atoms with Crippen molar-refractivity contribution < 1.29 is 4.55 Å². The normalized spacial score (nSPS) is 14.4. The molecule has 0 aliphatic rings. The zero-order valence-corrected chi connectivity index (χ0v) is 18.1. The Morgan fingerprint density at radius 3 is 2.55 bits per heavy atom. The minimum absolute atomic E-state index is 0.140. The summed E-state index contributed by atoms with van der Waals surface area (Å²) in [6.45, 7) is 9.96. The number of fused-ring (bicyclic) bond motifs is 3. The largest absolute Gasteiger partial charge is 0.598 e. The molecule has 2 aromatic heterocycles. The number of nitrogens with zero attached hydrogens (tertiary/aromatic N) is 4. The van der Waals surface area contributed by atoms with Gasteiger partial charge in [-0.1, -0.05) is 36.4 Å². The highest BCUT2D eigenvalue weighted by Gasteiger charge is 2.29. The summed E-state index contributed by atoms with van der Waals surface area (Å²) < 4.78 is 17.5. The smallest absolute Gasteiger partial charge is 0.171 e. The Hall–Kier alpha value is -2.48. The molecule has 2 atom stereocenters. The molecule has 1 N–H and O–H groups in total. The van der Waals surface area contributed by atoms with E-state index in [9.17, 15) is 4.55 Å². The lowest BCUT2D eigenvalue weighted by Gasteiger charge is -2.27. The van der Waals surface area contributed by atoms with Crippen molar-refractivity contribution in [3.8, 4) is 11.4 Å². The SMILES string of the molecule is Cc1cc(C(C)N[S@+]([O-])C(C)(C)C)c2nc(-c3ccccc3)n3cnnc3c2c1. The van der Waals surface area contributed by atoms with Crippen LogP contribution in [0.5, 0.6) is 0 Å². The molecule has 6 nitrogen and oxygen atoms in total. The van der Waals surface area contributed by atoms with Gasteiger partial charge in [0.1, 0.15) is 16.9 Å². The lowest BCUT2D eigenvalue weighted by molar-refractivity contribution is 0.531. The van der Waals surface area contributed by atoms with Gasteiger partial charge in [0.25, 0.3) is 0 Å². The molecule has 0 amide bonds. The van der Waals surface area contributed by atoms with Gasteiger partial charge in [0.2, 0.25) is 0 Å². The molecule has 0 fully saturated rings. The fraction of sp³-hybridized carbons (Fsp3) is 0.318. The van der Waals surface area contributed by atoms with E-state index in [1.54, 1.807) is 6.33 Å². The van der Waals surface area contributed by atoms with E-state index in [4.69, 9.17) is 4.98 Å². The van der Waals surface area contributed by atoms with E-state index in [0.717, 1.165) is 39.1 Å². The molecule has 1 unspecified atom stereocenters. The lowest BCUT2D eigenvalue weighted by atomic mass is 10.0. The molecule has 0 saturated carbocycles. The van der Waals surface area contributed by atoms with Crippen LogP contribution in [-0.2, 0) is 11.4 Å². The molecule has 0 bridgehead atoms. The van der Waals surface area contributed by atoms with Gasteiger partial charge in [0, 0.05) is 22.3 Å². The van der Waals surface area contributed by atoms with Crippen LogP contribution >= 0.6 is 0 Å². The topological polar surface area (TPSA) is 78.2 Å². The summed E-state index contributed by atoms with van der Waals surface area (Å²) in [6, 6.07) is 14.1. The standard InChI is InChI=1S/C22H25N5OS/c1-14-11-17(15(2)26-29(28)22(3,4)5)19-18(12-14)21-25-23-13-27(21)20(24-19)16-9-7-6-8-10-16/h6-13,15,26H,1-5H3/t15?,29-/m1/s1. The fourth-order valence-corrected chi connectivity index (χ4v) is 4.16. The monoisotopic (exact) mass is 407 g/mol. The Labute approximate surface area is 173 Å². The van der Waals surface area contributed by atoms with Crippen LogP contribution in [0.15, 0.2) is 48.8 Å². The number of hydrogen-bond donors (Lipinski definition) is 1. The van der Waals surface area contributed by atoms with Gasteiger partial charge < -0.3 is 4.55 Å². The van der Waals surface area contributed by atoms with Crippen LogP contribution in [0, 0.1) is 6.92 Å². The van der Waals surface area contributed by atoms with Crippen molar-refractivity contribution in [3.63, 3.8) is 0 Å². The summed E-state index contributed by atoms with van der Waals surface area (Å²) in [6.07, 6.45) is 1.70. The first-order valence-corrected chi connectivity index (χ1v) is 10.8. The van der Waals surface area contributed by atoms with E-state index >= 15 is 0 Å². The van der Waals surface area contributed by atoms with Gasteiger partial charge in [-0.3, -0.25) is 4.40 Å². The van der Waals surface area contributed by atoms with E-state index < -0.39 is 11.4 Å². The minimum atomic E-state index is -1.19. The second-order valence-electron chi connectivity index (χ2n) is 8.30.